The third-order valence-corrected chi connectivity index (χ3v) is 5.51. The topological polar surface area (TPSA) is 43.3 Å². The number of fused-ring (bicyclic) bond motifs is 3. The summed E-state index contributed by atoms with van der Waals surface area (Å²) in [6.07, 6.45) is 0.455. The average Bonchev–Trinajstić information content (AvgIpc) is 3.24. The molecule has 5 nitrogen and oxygen atoms in total. The molecule has 0 spiro atoms. The van der Waals surface area contributed by atoms with E-state index >= 15 is 0 Å². The van der Waals surface area contributed by atoms with Crippen LogP contribution < -0.4 is 14.2 Å². The second kappa shape index (κ2) is 7.17. The summed E-state index contributed by atoms with van der Waals surface area (Å²) in [5.74, 6) is 2.35. The molecular formula is C24H22N2O3. The zero-order valence-corrected chi connectivity index (χ0v) is 16.4. The van der Waals surface area contributed by atoms with Gasteiger partial charge in [0.1, 0.15) is 17.2 Å². The van der Waals surface area contributed by atoms with Crippen molar-refractivity contribution in [2.24, 2.45) is 5.10 Å². The first kappa shape index (κ1) is 17.6. The predicted molar refractivity (Wildman–Crippen MR) is 112 cm³/mol. The standard InChI is InChI=1S/C24H22N2O3/c1-27-17-12-13-19(23(14-17)28-2)24-26-21(18-10-6-7-11-22(18)29-24)15-20(25-26)16-8-4-3-5-9-16/h3-14,21,24H,15H2,1-2H3/t21-,24-/m0/s1. The van der Waals surface area contributed by atoms with Crippen LogP contribution in [0.25, 0.3) is 0 Å². The highest BCUT2D eigenvalue weighted by Gasteiger charge is 2.41. The van der Waals surface area contributed by atoms with Crippen LogP contribution in [-0.2, 0) is 0 Å². The Morgan fingerprint density at radius 1 is 0.897 bits per heavy atom. The van der Waals surface area contributed by atoms with Crippen molar-refractivity contribution in [2.45, 2.75) is 18.7 Å². The molecule has 0 aromatic heterocycles. The van der Waals surface area contributed by atoms with E-state index < -0.39 is 0 Å². The summed E-state index contributed by atoms with van der Waals surface area (Å²) in [7, 11) is 3.31. The lowest BCUT2D eigenvalue weighted by Gasteiger charge is -2.38. The molecule has 2 aliphatic rings. The normalized spacial score (nSPS) is 19.7. The first-order valence-corrected chi connectivity index (χ1v) is 9.67. The Morgan fingerprint density at radius 2 is 1.69 bits per heavy atom. The van der Waals surface area contributed by atoms with E-state index in [9.17, 15) is 0 Å². The molecule has 3 aromatic carbocycles. The molecule has 3 aromatic rings. The van der Waals surface area contributed by atoms with Crippen molar-refractivity contribution in [3.63, 3.8) is 0 Å². The van der Waals surface area contributed by atoms with Gasteiger partial charge in [-0.3, -0.25) is 0 Å². The second-order valence-electron chi connectivity index (χ2n) is 7.13. The summed E-state index contributed by atoms with van der Waals surface area (Å²) in [6, 6.07) is 24.4. The molecule has 5 heteroatoms. The molecular weight excluding hydrogens is 364 g/mol. The molecule has 0 unspecified atom stereocenters. The number of nitrogens with zero attached hydrogens (tertiary/aromatic N) is 2. The Labute approximate surface area is 170 Å². The maximum atomic E-state index is 6.43. The van der Waals surface area contributed by atoms with Gasteiger partial charge in [0.05, 0.1) is 31.5 Å². The number of hydrogen-bond donors (Lipinski definition) is 0. The number of methoxy groups -OCH3 is 2. The minimum atomic E-state index is -0.378. The summed E-state index contributed by atoms with van der Waals surface area (Å²) in [5.41, 5.74) is 4.28. The maximum absolute atomic E-state index is 6.43. The van der Waals surface area contributed by atoms with Crippen molar-refractivity contribution in [1.29, 1.82) is 0 Å². The van der Waals surface area contributed by atoms with Gasteiger partial charge in [-0.25, -0.2) is 5.01 Å². The van der Waals surface area contributed by atoms with E-state index in [1.165, 1.54) is 0 Å². The van der Waals surface area contributed by atoms with Gasteiger partial charge in [0.2, 0.25) is 6.23 Å². The van der Waals surface area contributed by atoms with Gasteiger partial charge in [0.25, 0.3) is 0 Å². The molecule has 0 bridgehead atoms. The highest BCUT2D eigenvalue weighted by atomic mass is 16.5. The number of benzene rings is 3. The van der Waals surface area contributed by atoms with Gasteiger partial charge in [-0.15, -0.1) is 0 Å². The molecule has 0 fully saturated rings. The van der Waals surface area contributed by atoms with Crippen LogP contribution in [-0.4, -0.2) is 24.9 Å². The minimum Gasteiger partial charge on any atom is -0.497 e. The molecule has 0 N–H and O–H groups in total. The number of hydrazone groups is 1. The second-order valence-corrected chi connectivity index (χ2v) is 7.13. The molecule has 146 valence electrons. The molecule has 0 amide bonds. The Kier molecular flexibility index (Phi) is 4.35. The Morgan fingerprint density at radius 3 is 2.48 bits per heavy atom. The third kappa shape index (κ3) is 2.99. The van der Waals surface area contributed by atoms with Crippen molar-refractivity contribution >= 4 is 5.71 Å². The number of rotatable bonds is 4. The summed E-state index contributed by atoms with van der Waals surface area (Å²) in [6.45, 7) is 0. The van der Waals surface area contributed by atoms with E-state index in [1.54, 1.807) is 14.2 Å². The Bertz CT molecular complexity index is 1060. The fourth-order valence-electron chi connectivity index (χ4n) is 4.07. The van der Waals surface area contributed by atoms with Gasteiger partial charge in [-0.1, -0.05) is 48.5 Å². The van der Waals surface area contributed by atoms with E-state index in [1.807, 2.05) is 48.5 Å². The SMILES string of the molecule is COc1ccc([C@@H]2Oc3ccccc3[C@@H]3CC(c4ccccc4)=NN32)c(OC)c1. The fourth-order valence-corrected chi connectivity index (χ4v) is 4.07. The lowest BCUT2D eigenvalue weighted by atomic mass is 9.96. The lowest BCUT2D eigenvalue weighted by Crippen LogP contribution is -2.33. The van der Waals surface area contributed by atoms with E-state index in [0.29, 0.717) is 0 Å². The van der Waals surface area contributed by atoms with Gasteiger partial charge in [0, 0.05) is 18.1 Å². The van der Waals surface area contributed by atoms with E-state index in [2.05, 4.69) is 29.3 Å². The minimum absolute atomic E-state index is 0.118. The third-order valence-electron chi connectivity index (χ3n) is 5.51. The van der Waals surface area contributed by atoms with Crippen LogP contribution in [0.3, 0.4) is 0 Å². The molecule has 0 aliphatic carbocycles. The van der Waals surface area contributed by atoms with E-state index in [-0.39, 0.29) is 12.3 Å². The lowest BCUT2D eigenvalue weighted by molar-refractivity contribution is -0.0203. The maximum Gasteiger partial charge on any atom is 0.217 e. The number of hydrogen-bond acceptors (Lipinski definition) is 5. The molecule has 0 saturated carbocycles. The molecule has 2 heterocycles. The van der Waals surface area contributed by atoms with Crippen LogP contribution in [0.1, 0.15) is 35.4 Å². The largest absolute Gasteiger partial charge is 0.497 e. The zero-order valence-electron chi connectivity index (χ0n) is 16.4. The van der Waals surface area contributed by atoms with Crippen molar-refractivity contribution < 1.29 is 14.2 Å². The molecule has 29 heavy (non-hydrogen) atoms. The Balaban J connectivity index is 1.61. The number of ether oxygens (including phenoxy) is 3. The molecule has 0 radical (unpaired) electrons. The summed E-state index contributed by atoms with van der Waals surface area (Å²) >= 11 is 0. The van der Waals surface area contributed by atoms with Crippen LogP contribution in [0.5, 0.6) is 17.2 Å². The molecule has 2 aliphatic heterocycles. The van der Waals surface area contributed by atoms with Crippen LogP contribution in [0.2, 0.25) is 0 Å². The average molecular weight is 386 g/mol. The molecule has 5 rings (SSSR count). The van der Waals surface area contributed by atoms with Crippen molar-refractivity contribution in [3.8, 4) is 17.2 Å². The summed E-state index contributed by atoms with van der Waals surface area (Å²) in [4.78, 5) is 0. The smallest absolute Gasteiger partial charge is 0.217 e. The van der Waals surface area contributed by atoms with Gasteiger partial charge in [0.15, 0.2) is 0 Å². The first-order chi connectivity index (χ1) is 14.3. The van der Waals surface area contributed by atoms with Gasteiger partial charge < -0.3 is 14.2 Å². The Hall–Kier alpha value is -3.47. The fraction of sp³-hybridized carbons (Fsp3) is 0.208. The molecule has 2 atom stereocenters. The van der Waals surface area contributed by atoms with Crippen LogP contribution in [0, 0.1) is 0 Å². The van der Waals surface area contributed by atoms with Crippen molar-refractivity contribution in [1.82, 2.24) is 5.01 Å². The zero-order chi connectivity index (χ0) is 19.8. The highest BCUT2D eigenvalue weighted by Crippen LogP contribution is 2.49. The molecule has 0 saturated heterocycles. The van der Waals surface area contributed by atoms with Crippen LogP contribution in [0.15, 0.2) is 77.9 Å². The number of para-hydroxylation sites is 1. The van der Waals surface area contributed by atoms with E-state index in [4.69, 9.17) is 19.3 Å². The van der Waals surface area contributed by atoms with Crippen LogP contribution >= 0.6 is 0 Å². The van der Waals surface area contributed by atoms with E-state index in [0.717, 1.165) is 46.1 Å². The van der Waals surface area contributed by atoms with Crippen molar-refractivity contribution in [2.75, 3.05) is 14.2 Å². The van der Waals surface area contributed by atoms with Crippen LogP contribution in [0.4, 0.5) is 0 Å². The van der Waals surface area contributed by atoms with Crippen molar-refractivity contribution in [3.05, 3.63) is 89.5 Å². The van der Waals surface area contributed by atoms with Gasteiger partial charge in [-0.05, 0) is 23.8 Å². The highest BCUT2D eigenvalue weighted by molar-refractivity contribution is 6.01. The monoisotopic (exact) mass is 386 g/mol. The predicted octanol–water partition coefficient (Wildman–Crippen LogP) is 4.95. The van der Waals surface area contributed by atoms with Gasteiger partial charge in [-0.2, -0.15) is 5.10 Å². The summed E-state index contributed by atoms with van der Waals surface area (Å²) in [5, 5.41) is 7.06. The van der Waals surface area contributed by atoms with Gasteiger partial charge >= 0.3 is 0 Å². The quantitative estimate of drug-likeness (QED) is 0.637. The summed E-state index contributed by atoms with van der Waals surface area (Å²) < 4.78 is 17.4. The first-order valence-electron chi connectivity index (χ1n) is 9.67.